The molecule has 2 aromatic rings. The molecule has 1 fully saturated rings. The lowest BCUT2D eigenvalue weighted by Gasteiger charge is -2.26. The molecule has 0 spiro atoms. The number of fused-ring (bicyclic) bond motifs is 1. The van der Waals surface area contributed by atoms with Crippen molar-refractivity contribution in [3.63, 3.8) is 0 Å². The molecule has 1 aromatic carbocycles. The molecule has 30 heavy (non-hydrogen) atoms. The number of rotatable bonds is 6. The molecule has 2 aliphatic heterocycles. The summed E-state index contributed by atoms with van der Waals surface area (Å²) in [6.45, 7) is 4.96. The SMILES string of the molecule is O=C(NCCN1CCOCC1)c1cc(Oc2ccc3c(c2)CCN3C(=O)O)ccn1. The number of hydrogen-bond donors (Lipinski definition) is 2. The van der Waals surface area contributed by atoms with Crippen LogP contribution in [0.3, 0.4) is 0 Å². The van der Waals surface area contributed by atoms with Crippen molar-refractivity contribution < 1.29 is 24.2 Å². The molecule has 158 valence electrons. The Bertz CT molecular complexity index is 929. The van der Waals surface area contributed by atoms with Gasteiger partial charge in [-0.2, -0.15) is 0 Å². The van der Waals surface area contributed by atoms with Gasteiger partial charge in [0.05, 0.1) is 18.9 Å². The van der Waals surface area contributed by atoms with Gasteiger partial charge in [0.1, 0.15) is 17.2 Å². The first-order chi connectivity index (χ1) is 14.6. The largest absolute Gasteiger partial charge is 0.465 e. The van der Waals surface area contributed by atoms with Gasteiger partial charge < -0.3 is 19.9 Å². The maximum atomic E-state index is 12.4. The van der Waals surface area contributed by atoms with Crippen LogP contribution in [0.25, 0.3) is 0 Å². The van der Waals surface area contributed by atoms with Crippen LogP contribution < -0.4 is 15.0 Å². The smallest absolute Gasteiger partial charge is 0.411 e. The Morgan fingerprint density at radius 3 is 2.73 bits per heavy atom. The number of amides is 2. The summed E-state index contributed by atoms with van der Waals surface area (Å²) in [4.78, 5) is 31.4. The van der Waals surface area contributed by atoms with E-state index in [9.17, 15) is 14.7 Å². The Morgan fingerprint density at radius 1 is 1.13 bits per heavy atom. The number of carbonyl (C=O) groups is 2. The molecule has 0 saturated carbocycles. The highest BCUT2D eigenvalue weighted by Gasteiger charge is 2.24. The van der Waals surface area contributed by atoms with Gasteiger partial charge in [0, 0.05) is 45.0 Å². The molecular formula is C21H24N4O5. The number of morpholine rings is 1. The summed E-state index contributed by atoms with van der Waals surface area (Å²) in [5, 5.41) is 12.1. The van der Waals surface area contributed by atoms with Crippen molar-refractivity contribution in [3.05, 3.63) is 47.8 Å². The summed E-state index contributed by atoms with van der Waals surface area (Å²) in [6, 6.07) is 8.58. The molecular weight excluding hydrogens is 388 g/mol. The van der Waals surface area contributed by atoms with Gasteiger partial charge in [-0.1, -0.05) is 0 Å². The van der Waals surface area contributed by atoms with Crippen LogP contribution >= 0.6 is 0 Å². The van der Waals surface area contributed by atoms with Gasteiger partial charge in [-0.3, -0.25) is 19.6 Å². The highest BCUT2D eigenvalue weighted by molar-refractivity contribution is 5.92. The molecule has 2 aliphatic rings. The van der Waals surface area contributed by atoms with Gasteiger partial charge in [-0.15, -0.1) is 0 Å². The van der Waals surface area contributed by atoms with Crippen LogP contribution in [0.4, 0.5) is 10.5 Å². The van der Waals surface area contributed by atoms with E-state index >= 15 is 0 Å². The van der Waals surface area contributed by atoms with Crippen molar-refractivity contribution >= 4 is 17.7 Å². The van der Waals surface area contributed by atoms with Crippen LogP contribution in [0.2, 0.25) is 0 Å². The molecule has 1 saturated heterocycles. The third-order valence-corrected chi connectivity index (χ3v) is 5.19. The maximum Gasteiger partial charge on any atom is 0.411 e. The number of anilines is 1. The Kier molecular flexibility index (Phi) is 6.10. The summed E-state index contributed by atoms with van der Waals surface area (Å²) < 4.78 is 11.2. The number of aromatic nitrogens is 1. The Morgan fingerprint density at radius 2 is 1.93 bits per heavy atom. The van der Waals surface area contributed by atoms with Crippen LogP contribution in [0.15, 0.2) is 36.5 Å². The van der Waals surface area contributed by atoms with E-state index in [0.29, 0.717) is 36.7 Å². The van der Waals surface area contributed by atoms with Crippen LogP contribution in [0.1, 0.15) is 16.1 Å². The lowest BCUT2D eigenvalue weighted by atomic mass is 10.1. The molecule has 9 heteroatoms. The van der Waals surface area contributed by atoms with Gasteiger partial charge in [0.15, 0.2) is 0 Å². The number of benzene rings is 1. The van der Waals surface area contributed by atoms with E-state index in [1.165, 1.54) is 11.1 Å². The lowest BCUT2D eigenvalue weighted by Crippen LogP contribution is -2.41. The minimum absolute atomic E-state index is 0.250. The number of nitrogens with zero attached hydrogens (tertiary/aromatic N) is 3. The number of carboxylic acid groups (broad SMARTS) is 1. The molecule has 0 radical (unpaired) electrons. The molecule has 0 bridgehead atoms. The molecule has 9 nitrogen and oxygen atoms in total. The second-order valence-corrected chi connectivity index (χ2v) is 7.16. The van der Waals surface area contributed by atoms with Gasteiger partial charge in [-0.25, -0.2) is 4.79 Å². The van der Waals surface area contributed by atoms with E-state index < -0.39 is 6.09 Å². The number of ether oxygens (including phenoxy) is 2. The van der Waals surface area contributed by atoms with Crippen molar-refractivity contribution in [1.82, 2.24) is 15.2 Å². The summed E-state index contributed by atoms with van der Waals surface area (Å²) in [7, 11) is 0. The molecule has 0 unspecified atom stereocenters. The molecule has 0 aliphatic carbocycles. The summed E-state index contributed by atoms with van der Waals surface area (Å²) in [6.07, 6.45) is 1.22. The van der Waals surface area contributed by atoms with Crippen LogP contribution in [-0.2, 0) is 11.2 Å². The lowest BCUT2D eigenvalue weighted by molar-refractivity contribution is 0.0383. The van der Waals surface area contributed by atoms with E-state index in [0.717, 1.165) is 38.4 Å². The van der Waals surface area contributed by atoms with Crippen molar-refractivity contribution in [2.24, 2.45) is 0 Å². The first-order valence-corrected chi connectivity index (χ1v) is 9.96. The molecule has 1 aromatic heterocycles. The van der Waals surface area contributed by atoms with Crippen molar-refractivity contribution in [1.29, 1.82) is 0 Å². The molecule has 3 heterocycles. The van der Waals surface area contributed by atoms with Gasteiger partial charge in [0.2, 0.25) is 0 Å². The Labute approximate surface area is 174 Å². The van der Waals surface area contributed by atoms with E-state index in [-0.39, 0.29) is 11.6 Å². The minimum Gasteiger partial charge on any atom is -0.465 e. The van der Waals surface area contributed by atoms with E-state index in [1.807, 2.05) is 6.07 Å². The normalized spacial score (nSPS) is 16.2. The highest BCUT2D eigenvalue weighted by Crippen LogP contribution is 2.33. The Hall–Kier alpha value is -3.17. The number of carbonyl (C=O) groups excluding carboxylic acids is 1. The predicted molar refractivity (Wildman–Crippen MR) is 109 cm³/mol. The molecule has 4 rings (SSSR count). The van der Waals surface area contributed by atoms with Crippen LogP contribution in [0, 0.1) is 0 Å². The molecule has 2 amide bonds. The standard InChI is InChI=1S/C21H24N4O5/c26-20(23-6-8-24-9-11-29-12-10-24)18-14-17(3-5-22-18)30-16-1-2-19-15(13-16)4-7-25(19)21(27)28/h1-3,5,13-14H,4,6-12H2,(H,23,26)(H,27,28). The van der Waals surface area contributed by atoms with Crippen molar-refractivity contribution in [2.45, 2.75) is 6.42 Å². The predicted octanol–water partition coefficient (Wildman–Crippen LogP) is 1.98. The Balaban J connectivity index is 1.35. The monoisotopic (exact) mass is 412 g/mol. The fourth-order valence-corrected chi connectivity index (χ4v) is 3.62. The van der Waals surface area contributed by atoms with Gasteiger partial charge >= 0.3 is 6.09 Å². The highest BCUT2D eigenvalue weighted by atomic mass is 16.5. The third-order valence-electron chi connectivity index (χ3n) is 5.19. The molecule has 0 atom stereocenters. The number of nitrogens with one attached hydrogen (secondary N) is 1. The van der Waals surface area contributed by atoms with Crippen molar-refractivity contribution in [2.75, 3.05) is 50.8 Å². The van der Waals surface area contributed by atoms with E-state index in [4.69, 9.17) is 9.47 Å². The minimum atomic E-state index is -0.958. The van der Waals surface area contributed by atoms with Crippen LogP contribution in [-0.4, -0.2) is 72.9 Å². The number of hydrogen-bond acceptors (Lipinski definition) is 6. The third kappa shape index (κ3) is 4.69. The van der Waals surface area contributed by atoms with Gasteiger partial charge in [0.25, 0.3) is 5.91 Å². The average molecular weight is 412 g/mol. The van der Waals surface area contributed by atoms with Gasteiger partial charge in [-0.05, 0) is 36.2 Å². The zero-order valence-electron chi connectivity index (χ0n) is 16.5. The second kappa shape index (κ2) is 9.10. The summed E-state index contributed by atoms with van der Waals surface area (Å²) >= 11 is 0. The zero-order chi connectivity index (χ0) is 20.9. The quantitative estimate of drug-likeness (QED) is 0.748. The zero-order valence-corrected chi connectivity index (χ0v) is 16.5. The summed E-state index contributed by atoms with van der Waals surface area (Å²) in [5.74, 6) is 0.835. The van der Waals surface area contributed by atoms with E-state index in [2.05, 4.69) is 15.2 Å². The average Bonchev–Trinajstić information content (AvgIpc) is 3.18. The maximum absolute atomic E-state index is 12.4. The fourth-order valence-electron chi connectivity index (χ4n) is 3.62. The summed E-state index contributed by atoms with van der Waals surface area (Å²) in [5.41, 5.74) is 1.89. The molecule has 2 N–H and O–H groups in total. The topological polar surface area (TPSA) is 104 Å². The second-order valence-electron chi connectivity index (χ2n) is 7.16. The van der Waals surface area contributed by atoms with Crippen molar-refractivity contribution in [3.8, 4) is 11.5 Å². The van der Waals surface area contributed by atoms with Crippen LogP contribution in [0.5, 0.6) is 11.5 Å². The fraction of sp³-hybridized carbons (Fsp3) is 0.381. The first-order valence-electron chi connectivity index (χ1n) is 9.96. The van der Waals surface area contributed by atoms with E-state index in [1.54, 1.807) is 24.3 Å². The number of pyridine rings is 1. The first kappa shape index (κ1) is 20.1.